The molecule has 0 saturated carbocycles. The molecule has 1 saturated heterocycles. The lowest BCUT2D eigenvalue weighted by Crippen LogP contribution is -2.27. The molecule has 4 rings (SSSR count). The van der Waals surface area contributed by atoms with Crippen molar-refractivity contribution in [3.05, 3.63) is 78.8 Å². The van der Waals surface area contributed by atoms with Gasteiger partial charge in [-0.2, -0.15) is 0 Å². The fraction of sp³-hybridized carbons (Fsp3) is 0.150. The molecule has 1 aliphatic rings. The lowest BCUT2D eigenvalue weighted by Gasteiger charge is -2.12. The molecular weight excluding hydrogens is 427 g/mol. The quantitative estimate of drug-likeness (QED) is 0.349. The summed E-state index contributed by atoms with van der Waals surface area (Å²) in [5, 5.41) is 11.1. The van der Waals surface area contributed by atoms with E-state index in [4.69, 9.17) is 0 Å². The summed E-state index contributed by atoms with van der Waals surface area (Å²) in [6.07, 6.45) is 1.28. The summed E-state index contributed by atoms with van der Waals surface area (Å²) in [6.45, 7) is -0.0450. The van der Waals surface area contributed by atoms with Crippen LogP contribution >= 0.6 is 11.8 Å². The van der Waals surface area contributed by atoms with Gasteiger partial charge in [0.05, 0.1) is 33.0 Å². The van der Waals surface area contributed by atoms with E-state index in [2.05, 4.69) is 0 Å². The summed E-state index contributed by atoms with van der Waals surface area (Å²) >= 11 is 0.666. The molecule has 0 spiro atoms. The van der Waals surface area contributed by atoms with Crippen LogP contribution in [0.3, 0.4) is 0 Å². The highest BCUT2D eigenvalue weighted by Gasteiger charge is 2.35. The fourth-order valence-electron chi connectivity index (χ4n) is 3.37. The molecule has 0 bridgehead atoms. The van der Waals surface area contributed by atoms with Crippen molar-refractivity contribution in [2.24, 2.45) is 14.1 Å². The standard InChI is InChI=1S/C20H15FN4O5S/c1-22-15-7-12(14(25(29)30)9-16(15)23(2)19(22)27)8-17-18(26)24(20(28)31-17)10-11-3-5-13(21)6-4-11/h3-9H,10H2,1-2H3/b17-8-. The number of imide groups is 1. The van der Waals surface area contributed by atoms with Gasteiger partial charge in [0.25, 0.3) is 16.8 Å². The number of hydrogen-bond donors (Lipinski definition) is 0. The molecule has 1 fully saturated rings. The van der Waals surface area contributed by atoms with Crippen molar-refractivity contribution < 1.29 is 18.9 Å². The molecule has 0 N–H and O–H groups in total. The van der Waals surface area contributed by atoms with E-state index in [1.54, 1.807) is 0 Å². The molecule has 11 heteroatoms. The molecule has 9 nitrogen and oxygen atoms in total. The Morgan fingerprint density at radius 2 is 1.68 bits per heavy atom. The number of nitro benzene ring substituents is 1. The van der Waals surface area contributed by atoms with Gasteiger partial charge in [0.2, 0.25) is 0 Å². The molecule has 2 heterocycles. The molecule has 0 radical (unpaired) electrons. The van der Waals surface area contributed by atoms with Crippen LogP contribution in [0.5, 0.6) is 0 Å². The Labute approximate surface area is 178 Å². The number of rotatable bonds is 4. The molecule has 31 heavy (non-hydrogen) atoms. The van der Waals surface area contributed by atoms with Gasteiger partial charge in [-0.05, 0) is 41.6 Å². The minimum Gasteiger partial charge on any atom is -0.295 e. The Morgan fingerprint density at radius 3 is 2.29 bits per heavy atom. The largest absolute Gasteiger partial charge is 0.328 e. The van der Waals surface area contributed by atoms with Crippen LogP contribution in [0.4, 0.5) is 14.9 Å². The topological polar surface area (TPSA) is 107 Å². The highest BCUT2D eigenvalue weighted by atomic mass is 32.2. The van der Waals surface area contributed by atoms with Crippen molar-refractivity contribution in [3.63, 3.8) is 0 Å². The SMILES string of the molecule is Cn1c(=O)n(C)c2cc([N+](=O)[O-])c(/C=C3\SC(=O)N(Cc4ccc(F)cc4)C3=O)cc21. The van der Waals surface area contributed by atoms with Crippen molar-refractivity contribution in [2.75, 3.05) is 0 Å². The van der Waals surface area contributed by atoms with Crippen molar-refractivity contribution in [3.8, 4) is 0 Å². The zero-order valence-electron chi connectivity index (χ0n) is 16.4. The Morgan fingerprint density at radius 1 is 1.06 bits per heavy atom. The molecule has 0 unspecified atom stereocenters. The van der Waals surface area contributed by atoms with Gasteiger partial charge in [0.1, 0.15) is 5.82 Å². The maximum atomic E-state index is 13.1. The average Bonchev–Trinajstić information content (AvgIpc) is 3.11. The zero-order valence-corrected chi connectivity index (χ0v) is 17.2. The van der Waals surface area contributed by atoms with Crippen molar-refractivity contribution in [2.45, 2.75) is 6.54 Å². The summed E-state index contributed by atoms with van der Waals surface area (Å²) in [7, 11) is 3.05. The molecule has 2 aromatic carbocycles. The molecule has 1 aromatic heterocycles. The predicted octanol–water partition coefficient (Wildman–Crippen LogP) is 3.16. The number of imidazole rings is 1. The normalized spacial score (nSPS) is 15.5. The number of benzene rings is 2. The van der Waals surface area contributed by atoms with Crippen LogP contribution in [0.2, 0.25) is 0 Å². The van der Waals surface area contributed by atoms with E-state index in [1.165, 1.54) is 65.7 Å². The Balaban J connectivity index is 1.75. The highest BCUT2D eigenvalue weighted by Crippen LogP contribution is 2.36. The highest BCUT2D eigenvalue weighted by molar-refractivity contribution is 8.18. The van der Waals surface area contributed by atoms with E-state index in [1.807, 2.05) is 0 Å². The van der Waals surface area contributed by atoms with E-state index in [0.29, 0.717) is 28.4 Å². The van der Waals surface area contributed by atoms with Crippen LogP contribution in [0.1, 0.15) is 11.1 Å². The molecule has 0 aliphatic carbocycles. The second kappa shape index (κ2) is 7.51. The molecule has 0 atom stereocenters. The number of fused-ring (bicyclic) bond motifs is 1. The summed E-state index contributed by atoms with van der Waals surface area (Å²) in [5.41, 5.74) is 0.860. The molecular formula is C20H15FN4O5S. The number of hydrogen-bond acceptors (Lipinski definition) is 6. The third-order valence-corrected chi connectivity index (χ3v) is 5.94. The Hall–Kier alpha value is -3.73. The molecule has 2 amide bonds. The van der Waals surface area contributed by atoms with E-state index in [0.717, 1.165) is 4.90 Å². The number of amides is 2. The van der Waals surface area contributed by atoms with E-state index >= 15 is 0 Å². The number of nitrogens with zero attached hydrogens (tertiary/aromatic N) is 4. The lowest BCUT2D eigenvalue weighted by molar-refractivity contribution is -0.385. The maximum Gasteiger partial charge on any atom is 0.328 e. The van der Waals surface area contributed by atoms with Crippen LogP contribution in [0.25, 0.3) is 17.1 Å². The van der Waals surface area contributed by atoms with Gasteiger partial charge >= 0.3 is 5.69 Å². The number of carbonyl (C=O) groups is 2. The maximum absolute atomic E-state index is 13.1. The van der Waals surface area contributed by atoms with Crippen molar-refractivity contribution in [1.29, 1.82) is 0 Å². The number of aromatic nitrogens is 2. The Kier molecular flexibility index (Phi) is 4.97. The van der Waals surface area contributed by atoms with Crippen LogP contribution in [0, 0.1) is 15.9 Å². The third-order valence-electron chi connectivity index (χ3n) is 5.03. The molecule has 3 aromatic rings. The summed E-state index contributed by atoms with van der Waals surface area (Å²) in [5.74, 6) is -1.04. The van der Waals surface area contributed by atoms with Crippen LogP contribution in [-0.4, -0.2) is 30.1 Å². The van der Waals surface area contributed by atoms with Crippen LogP contribution in [-0.2, 0) is 25.4 Å². The van der Waals surface area contributed by atoms with Gasteiger partial charge < -0.3 is 0 Å². The first-order valence-corrected chi connectivity index (χ1v) is 9.82. The number of carbonyl (C=O) groups excluding carboxylic acids is 2. The van der Waals surface area contributed by atoms with Gasteiger partial charge in [-0.1, -0.05) is 12.1 Å². The van der Waals surface area contributed by atoms with Gasteiger partial charge in [-0.15, -0.1) is 0 Å². The molecule has 1 aliphatic heterocycles. The minimum atomic E-state index is -0.606. The van der Waals surface area contributed by atoms with Gasteiger partial charge in [0.15, 0.2) is 0 Å². The van der Waals surface area contributed by atoms with E-state index in [-0.39, 0.29) is 28.4 Å². The zero-order chi connectivity index (χ0) is 22.4. The first-order valence-electron chi connectivity index (χ1n) is 9.01. The average molecular weight is 442 g/mol. The van der Waals surface area contributed by atoms with Crippen LogP contribution in [0.15, 0.2) is 46.1 Å². The smallest absolute Gasteiger partial charge is 0.295 e. The van der Waals surface area contributed by atoms with Gasteiger partial charge in [-0.25, -0.2) is 9.18 Å². The van der Waals surface area contributed by atoms with Gasteiger partial charge in [0, 0.05) is 20.2 Å². The summed E-state index contributed by atoms with van der Waals surface area (Å²) in [6, 6.07) is 8.11. The first-order chi connectivity index (χ1) is 14.7. The predicted molar refractivity (Wildman–Crippen MR) is 113 cm³/mol. The monoisotopic (exact) mass is 442 g/mol. The fourth-order valence-corrected chi connectivity index (χ4v) is 4.20. The van der Waals surface area contributed by atoms with E-state index < -0.39 is 21.9 Å². The lowest BCUT2D eigenvalue weighted by atomic mass is 10.1. The Bertz CT molecular complexity index is 1360. The number of halogens is 1. The number of aryl methyl sites for hydroxylation is 2. The third kappa shape index (κ3) is 3.52. The van der Waals surface area contributed by atoms with Crippen molar-refractivity contribution in [1.82, 2.24) is 14.0 Å². The second-order valence-corrected chi connectivity index (χ2v) is 7.94. The van der Waals surface area contributed by atoms with Crippen molar-refractivity contribution >= 4 is 45.7 Å². The van der Waals surface area contributed by atoms with E-state index in [9.17, 15) is 28.9 Å². The first kappa shape index (κ1) is 20.5. The molecule has 158 valence electrons. The second-order valence-electron chi connectivity index (χ2n) is 6.95. The number of thioether (sulfide) groups is 1. The minimum absolute atomic E-state index is 0.0236. The summed E-state index contributed by atoms with van der Waals surface area (Å²) in [4.78, 5) is 49.3. The van der Waals surface area contributed by atoms with Gasteiger partial charge in [-0.3, -0.25) is 33.7 Å². The number of nitro groups is 1. The van der Waals surface area contributed by atoms with Crippen LogP contribution < -0.4 is 5.69 Å². The summed E-state index contributed by atoms with van der Waals surface area (Å²) < 4.78 is 15.7.